The molecule has 2 fully saturated rings. The number of phenolic OH excluding ortho intramolecular Hbond substituents is 1. The van der Waals surface area contributed by atoms with E-state index in [4.69, 9.17) is 19.3 Å². The van der Waals surface area contributed by atoms with E-state index in [1.165, 1.54) is 6.07 Å². The molecule has 2 saturated heterocycles. The standard InChI is InChI=1S/C15H20O7/c16-5-9-3-8(4-10(17)13(9)19)1-2-20-12-7-22-14-11(18)6-21-15(12)14/h3-4,11-12,14-19H,1-2,5-7H2. The minimum atomic E-state index is -0.597. The Morgan fingerprint density at radius 1 is 1.14 bits per heavy atom. The van der Waals surface area contributed by atoms with Crippen molar-refractivity contribution in [3.05, 3.63) is 23.3 Å². The third kappa shape index (κ3) is 2.90. The molecule has 22 heavy (non-hydrogen) atoms. The molecule has 0 radical (unpaired) electrons. The molecular weight excluding hydrogens is 292 g/mol. The maximum absolute atomic E-state index is 9.65. The Kier molecular flexibility index (Phi) is 4.51. The van der Waals surface area contributed by atoms with Crippen LogP contribution in [0.5, 0.6) is 11.5 Å². The van der Waals surface area contributed by atoms with Crippen molar-refractivity contribution in [2.75, 3.05) is 19.8 Å². The van der Waals surface area contributed by atoms with Crippen LogP contribution in [0.3, 0.4) is 0 Å². The zero-order chi connectivity index (χ0) is 15.7. The van der Waals surface area contributed by atoms with Gasteiger partial charge in [0.05, 0.1) is 26.4 Å². The van der Waals surface area contributed by atoms with Gasteiger partial charge in [-0.15, -0.1) is 0 Å². The number of hydrogen-bond acceptors (Lipinski definition) is 7. The fourth-order valence-electron chi connectivity index (χ4n) is 2.92. The lowest BCUT2D eigenvalue weighted by atomic mass is 10.1. The smallest absolute Gasteiger partial charge is 0.163 e. The summed E-state index contributed by atoms with van der Waals surface area (Å²) in [6.45, 7) is 0.682. The normalized spacial score (nSPS) is 30.6. The summed E-state index contributed by atoms with van der Waals surface area (Å²) in [5.41, 5.74) is 1.03. The average Bonchev–Trinajstić information content (AvgIpc) is 3.07. The Bertz CT molecular complexity index is 533. The highest BCUT2D eigenvalue weighted by Gasteiger charge is 2.47. The van der Waals surface area contributed by atoms with E-state index < -0.39 is 6.10 Å². The highest BCUT2D eigenvalue weighted by molar-refractivity contribution is 5.47. The van der Waals surface area contributed by atoms with Crippen molar-refractivity contribution < 1.29 is 34.6 Å². The lowest BCUT2D eigenvalue weighted by Gasteiger charge is -2.17. The van der Waals surface area contributed by atoms with Crippen LogP contribution in [-0.4, -0.2) is 64.7 Å². The Labute approximate surface area is 127 Å². The van der Waals surface area contributed by atoms with E-state index in [1.54, 1.807) is 6.07 Å². The van der Waals surface area contributed by atoms with Gasteiger partial charge in [0, 0.05) is 5.56 Å². The number of fused-ring (bicyclic) bond motifs is 1. The largest absolute Gasteiger partial charge is 0.504 e. The quantitative estimate of drug-likeness (QED) is 0.552. The third-order valence-corrected chi connectivity index (χ3v) is 4.10. The van der Waals surface area contributed by atoms with Crippen molar-refractivity contribution in [2.24, 2.45) is 0 Å². The number of rotatable bonds is 5. The average molecular weight is 312 g/mol. The molecule has 0 aliphatic carbocycles. The first-order valence-corrected chi connectivity index (χ1v) is 7.27. The number of benzene rings is 1. The second kappa shape index (κ2) is 6.39. The fraction of sp³-hybridized carbons (Fsp3) is 0.600. The Morgan fingerprint density at radius 3 is 2.68 bits per heavy atom. The predicted molar refractivity (Wildman–Crippen MR) is 74.6 cm³/mol. The molecule has 1 aromatic rings. The van der Waals surface area contributed by atoms with E-state index in [0.717, 1.165) is 5.56 Å². The molecule has 4 atom stereocenters. The van der Waals surface area contributed by atoms with Gasteiger partial charge in [-0.3, -0.25) is 0 Å². The molecule has 0 aromatic heterocycles. The first-order valence-electron chi connectivity index (χ1n) is 7.27. The molecule has 2 aliphatic heterocycles. The monoisotopic (exact) mass is 312 g/mol. The lowest BCUT2D eigenvalue weighted by Crippen LogP contribution is -2.33. The fourth-order valence-corrected chi connectivity index (χ4v) is 2.92. The summed E-state index contributed by atoms with van der Waals surface area (Å²) in [6, 6.07) is 3.07. The van der Waals surface area contributed by atoms with Crippen molar-refractivity contribution in [1.82, 2.24) is 0 Å². The lowest BCUT2D eigenvalue weighted by molar-refractivity contribution is -0.0359. The molecule has 0 spiro atoms. The zero-order valence-electron chi connectivity index (χ0n) is 12.0. The Hall–Kier alpha value is -1.38. The number of aromatic hydroxyl groups is 2. The topological polar surface area (TPSA) is 109 Å². The predicted octanol–water partition coefficient (Wildman–Crippen LogP) is -0.324. The molecule has 2 aliphatic rings. The molecule has 2 heterocycles. The first-order chi connectivity index (χ1) is 10.6. The van der Waals surface area contributed by atoms with Crippen LogP contribution in [0.4, 0.5) is 0 Å². The van der Waals surface area contributed by atoms with Gasteiger partial charge in [0.1, 0.15) is 24.4 Å². The molecular formula is C15H20O7. The van der Waals surface area contributed by atoms with Gasteiger partial charge in [-0.25, -0.2) is 0 Å². The summed E-state index contributed by atoms with van der Waals surface area (Å²) in [4.78, 5) is 0. The summed E-state index contributed by atoms with van der Waals surface area (Å²) in [5, 5.41) is 37.9. The van der Waals surface area contributed by atoms with Gasteiger partial charge < -0.3 is 34.6 Å². The van der Waals surface area contributed by atoms with Gasteiger partial charge in [0.25, 0.3) is 0 Å². The van der Waals surface area contributed by atoms with E-state index in [1.807, 2.05) is 0 Å². The number of aliphatic hydroxyl groups is 2. The summed E-state index contributed by atoms with van der Waals surface area (Å²) in [5.74, 6) is -0.555. The number of hydrogen-bond donors (Lipinski definition) is 4. The van der Waals surface area contributed by atoms with E-state index in [2.05, 4.69) is 0 Å². The first kappa shape index (κ1) is 15.5. The number of ether oxygens (including phenoxy) is 3. The van der Waals surface area contributed by atoms with Gasteiger partial charge in [0.2, 0.25) is 0 Å². The number of phenols is 2. The van der Waals surface area contributed by atoms with Crippen molar-refractivity contribution in [1.29, 1.82) is 0 Å². The van der Waals surface area contributed by atoms with E-state index in [9.17, 15) is 15.3 Å². The van der Waals surface area contributed by atoms with Crippen molar-refractivity contribution in [2.45, 2.75) is 37.4 Å². The summed E-state index contributed by atoms with van der Waals surface area (Å²) >= 11 is 0. The summed E-state index contributed by atoms with van der Waals surface area (Å²) in [6.07, 6.45) is -0.859. The molecule has 0 saturated carbocycles. The minimum Gasteiger partial charge on any atom is -0.504 e. The second-order valence-electron chi connectivity index (χ2n) is 5.60. The Morgan fingerprint density at radius 2 is 1.91 bits per heavy atom. The maximum Gasteiger partial charge on any atom is 0.163 e. The van der Waals surface area contributed by atoms with Crippen molar-refractivity contribution in [3.63, 3.8) is 0 Å². The van der Waals surface area contributed by atoms with Crippen molar-refractivity contribution >= 4 is 0 Å². The second-order valence-corrected chi connectivity index (χ2v) is 5.60. The minimum absolute atomic E-state index is 0.217. The van der Waals surface area contributed by atoms with Crippen molar-refractivity contribution in [3.8, 4) is 11.5 Å². The van der Waals surface area contributed by atoms with E-state index >= 15 is 0 Å². The molecule has 1 aromatic carbocycles. The maximum atomic E-state index is 9.65. The van der Waals surface area contributed by atoms with Crippen LogP contribution in [0.25, 0.3) is 0 Å². The molecule has 4 N–H and O–H groups in total. The third-order valence-electron chi connectivity index (χ3n) is 4.10. The zero-order valence-corrected chi connectivity index (χ0v) is 12.0. The van der Waals surface area contributed by atoms with Crippen LogP contribution in [0.2, 0.25) is 0 Å². The highest BCUT2D eigenvalue weighted by atomic mass is 16.6. The molecule has 3 rings (SSSR count). The van der Waals surface area contributed by atoms with Gasteiger partial charge in [-0.05, 0) is 24.1 Å². The van der Waals surface area contributed by atoms with E-state index in [-0.39, 0.29) is 48.6 Å². The van der Waals surface area contributed by atoms with E-state index in [0.29, 0.717) is 19.6 Å². The van der Waals surface area contributed by atoms with Crippen LogP contribution < -0.4 is 0 Å². The van der Waals surface area contributed by atoms with Gasteiger partial charge in [-0.2, -0.15) is 0 Å². The molecule has 122 valence electrons. The molecule has 4 unspecified atom stereocenters. The van der Waals surface area contributed by atoms with Crippen LogP contribution in [0.1, 0.15) is 11.1 Å². The number of aliphatic hydroxyl groups excluding tert-OH is 2. The molecule has 7 nitrogen and oxygen atoms in total. The molecule has 7 heteroatoms. The van der Waals surface area contributed by atoms with Gasteiger partial charge in [0.15, 0.2) is 11.5 Å². The highest BCUT2D eigenvalue weighted by Crippen LogP contribution is 2.31. The van der Waals surface area contributed by atoms with Crippen LogP contribution >= 0.6 is 0 Å². The van der Waals surface area contributed by atoms with Crippen LogP contribution in [0, 0.1) is 0 Å². The SMILES string of the molecule is OCc1cc(CCOC2COC3C(O)COC23)cc(O)c1O. The molecule has 0 amide bonds. The molecule has 0 bridgehead atoms. The van der Waals surface area contributed by atoms with Gasteiger partial charge >= 0.3 is 0 Å². The van der Waals surface area contributed by atoms with Crippen LogP contribution in [0.15, 0.2) is 12.1 Å². The van der Waals surface area contributed by atoms with Crippen LogP contribution in [-0.2, 0) is 27.2 Å². The Balaban J connectivity index is 1.54. The summed E-state index contributed by atoms with van der Waals surface area (Å²) < 4.78 is 16.7. The van der Waals surface area contributed by atoms with Gasteiger partial charge in [-0.1, -0.05) is 0 Å². The summed E-state index contributed by atoms with van der Waals surface area (Å²) in [7, 11) is 0.